The monoisotopic (exact) mass is 162 g/mol. The highest BCUT2D eigenvalue weighted by Gasteiger charge is 2.19. The summed E-state index contributed by atoms with van der Waals surface area (Å²) < 4.78 is 11.3. The molecule has 0 aromatic heterocycles. The molecule has 0 aliphatic heterocycles. The largest absolute Gasteiger partial charge is 0.259 e. The Labute approximate surface area is 66.7 Å². The second kappa shape index (κ2) is 3.51. The standard InChI is InChI=1S/C8H18OS/c1-7(2)6-10(9)8(3,4)5/h7H,6H2,1-5H3/t10-/m0/s1. The molecule has 0 radical (unpaired) electrons. The summed E-state index contributed by atoms with van der Waals surface area (Å²) in [5, 5.41) is 0. The molecule has 1 atom stereocenters. The highest BCUT2D eigenvalue weighted by molar-refractivity contribution is 7.86. The van der Waals surface area contributed by atoms with E-state index in [1.54, 1.807) is 0 Å². The Kier molecular flexibility index (Phi) is 3.57. The van der Waals surface area contributed by atoms with Gasteiger partial charge in [0, 0.05) is 21.3 Å². The Morgan fingerprint density at radius 3 is 1.80 bits per heavy atom. The van der Waals surface area contributed by atoms with Crippen molar-refractivity contribution in [1.29, 1.82) is 0 Å². The van der Waals surface area contributed by atoms with Crippen LogP contribution >= 0.6 is 0 Å². The van der Waals surface area contributed by atoms with E-state index in [1.165, 1.54) is 0 Å². The van der Waals surface area contributed by atoms with Crippen molar-refractivity contribution in [2.24, 2.45) is 5.92 Å². The van der Waals surface area contributed by atoms with E-state index in [1.807, 2.05) is 20.8 Å². The molecule has 0 spiro atoms. The van der Waals surface area contributed by atoms with Crippen LogP contribution in [0, 0.1) is 5.92 Å². The minimum atomic E-state index is -0.667. The van der Waals surface area contributed by atoms with Crippen molar-refractivity contribution in [2.45, 2.75) is 39.4 Å². The first kappa shape index (κ1) is 10.2. The van der Waals surface area contributed by atoms with E-state index in [9.17, 15) is 4.21 Å². The molecule has 0 heterocycles. The first-order chi connectivity index (χ1) is 4.34. The lowest BCUT2D eigenvalue weighted by atomic mass is 10.2. The predicted octanol–water partition coefficient (Wildman–Crippen LogP) is 2.19. The highest BCUT2D eigenvalue weighted by Crippen LogP contribution is 2.13. The molecule has 62 valence electrons. The first-order valence-electron chi connectivity index (χ1n) is 3.72. The molecule has 0 bridgehead atoms. The summed E-state index contributed by atoms with van der Waals surface area (Å²) in [6.45, 7) is 10.3. The summed E-state index contributed by atoms with van der Waals surface area (Å²) in [7, 11) is -0.667. The van der Waals surface area contributed by atoms with Gasteiger partial charge >= 0.3 is 0 Å². The zero-order chi connectivity index (χ0) is 8.36. The normalized spacial score (nSPS) is 15.8. The molecule has 10 heavy (non-hydrogen) atoms. The summed E-state index contributed by atoms with van der Waals surface area (Å²) in [6.07, 6.45) is 0. The van der Waals surface area contributed by atoms with Crippen LogP contribution in [0.25, 0.3) is 0 Å². The van der Waals surface area contributed by atoms with E-state index in [0.29, 0.717) is 5.92 Å². The van der Waals surface area contributed by atoms with Gasteiger partial charge < -0.3 is 0 Å². The maximum Gasteiger partial charge on any atom is 0.0375 e. The Morgan fingerprint density at radius 2 is 1.70 bits per heavy atom. The lowest BCUT2D eigenvalue weighted by Gasteiger charge is -2.18. The van der Waals surface area contributed by atoms with Crippen LogP contribution in [-0.2, 0) is 10.8 Å². The van der Waals surface area contributed by atoms with Gasteiger partial charge in [-0.1, -0.05) is 13.8 Å². The summed E-state index contributed by atoms with van der Waals surface area (Å²) in [5.74, 6) is 1.36. The minimum absolute atomic E-state index is 0.0374. The van der Waals surface area contributed by atoms with E-state index < -0.39 is 10.8 Å². The summed E-state index contributed by atoms with van der Waals surface area (Å²) >= 11 is 0. The Hall–Kier alpha value is 0.150. The minimum Gasteiger partial charge on any atom is -0.259 e. The number of hydrogen-bond donors (Lipinski definition) is 0. The molecule has 0 unspecified atom stereocenters. The first-order valence-corrected chi connectivity index (χ1v) is 5.04. The van der Waals surface area contributed by atoms with E-state index in [4.69, 9.17) is 0 Å². The van der Waals surface area contributed by atoms with Crippen LogP contribution in [0.3, 0.4) is 0 Å². The summed E-state index contributed by atoms with van der Waals surface area (Å²) in [5.41, 5.74) is 0. The van der Waals surface area contributed by atoms with Gasteiger partial charge in [-0.25, -0.2) is 0 Å². The van der Waals surface area contributed by atoms with Gasteiger partial charge in [0.25, 0.3) is 0 Å². The summed E-state index contributed by atoms with van der Waals surface area (Å²) in [4.78, 5) is 0. The second-order valence-electron chi connectivity index (χ2n) is 4.02. The molecule has 0 fully saturated rings. The van der Waals surface area contributed by atoms with Crippen molar-refractivity contribution < 1.29 is 4.21 Å². The van der Waals surface area contributed by atoms with Crippen LogP contribution in [-0.4, -0.2) is 14.7 Å². The van der Waals surface area contributed by atoms with Gasteiger partial charge in [0.05, 0.1) is 0 Å². The molecule has 0 saturated heterocycles. The van der Waals surface area contributed by atoms with E-state index >= 15 is 0 Å². The molecule has 0 aromatic carbocycles. The van der Waals surface area contributed by atoms with Crippen molar-refractivity contribution in [3.05, 3.63) is 0 Å². The lowest BCUT2D eigenvalue weighted by Crippen LogP contribution is -2.25. The van der Waals surface area contributed by atoms with Crippen molar-refractivity contribution in [1.82, 2.24) is 0 Å². The zero-order valence-corrected chi connectivity index (χ0v) is 8.42. The Balaban J connectivity index is 3.87. The van der Waals surface area contributed by atoms with Gasteiger partial charge in [-0.05, 0) is 26.7 Å². The van der Waals surface area contributed by atoms with Gasteiger partial charge in [-0.2, -0.15) is 0 Å². The quantitative estimate of drug-likeness (QED) is 0.608. The van der Waals surface area contributed by atoms with E-state index in [-0.39, 0.29) is 4.75 Å². The van der Waals surface area contributed by atoms with Crippen molar-refractivity contribution >= 4 is 10.8 Å². The average Bonchev–Trinajstić information content (AvgIpc) is 1.60. The molecule has 0 aliphatic rings. The van der Waals surface area contributed by atoms with Gasteiger partial charge in [-0.3, -0.25) is 4.21 Å². The van der Waals surface area contributed by atoms with Gasteiger partial charge in [0.15, 0.2) is 0 Å². The molecular weight excluding hydrogens is 144 g/mol. The van der Waals surface area contributed by atoms with Crippen LogP contribution in [0.4, 0.5) is 0 Å². The average molecular weight is 162 g/mol. The molecule has 0 aliphatic carbocycles. The fourth-order valence-corrected chi connectivity index (χ4v) is 1.66. The SMILES string of the molecule is CC(C)C[S@](=O)C(C)(C)C. The van der Waals surface area contributed by atoms with Crippen LogP contribution in [0.1, 0.15) is 34.6 Å². The molecule has 1 nitrogen and oxygen atoms in total. The second-order valence-corrected chi connectivity index (χ2v) is 6.27. The van der Waals surface area contributed by atoms with Crippen LogP contribution in [0.15, 0.2) is 0 Å². The molecule has 0 aromatic rings. The van der Waals surface area contributed by atoms with Crippen LogP contribution < -0.4 is 0 Å². The van der Waals surface area contributed by atoms with Gasteiger partial charge in [0.2, 0.25) is 0 Å². The predicted molar refractivity (Wildman–Crippen MR) is 47.6 cm³/mol. The summed E-state index contributed by atoms with van der Waals surface area (Å²) in [6, 6.07) is 0. The molecule has 0 saturated carbocycles. The van der Waals surface area contributed by atoms with Crippen molar-refractivity contribution in [3.8, 4) is 0 Å². The van der Waals surface area contributed by atoms with Crippen molar-refractivity contribution in [2.75, 3.05) is 5.75 Å². The fraction of sp³-hybridized carbons (Fsp3) is 1.00. The van der Waals surface area contributed by atoms with E-state index in [2.05, 4.69) is 13.8 Å². The molecule has 0 amide bonds. The zero-order valence-electron chi connectivity index (χ0n) is 7.60. The van der Waals surface area contributed by atoms with Crippen LogP contribution in [0.2, 0.25) is 0 Å². The number of rotatable bonds is 2. The maximum absolute atomic E-state index is 11.4. The smallest absolute Gasteiger partial charge is 0.0375 e. The number of hydrogen-bond acceptors (Lipinski definition) is 1. The molecular formula is C8H18OS. The molecule has 0 N–H and O–H groups in total. The highest BCUT2D eigenvalue weighted by atomic mass is 32.2. The maximum atomic E-state index is 11.4. The third-order valence-electron chi connectivity index (χ3n) is 1.17. The Bertz CT molecular complexity index is 122. The third-order valence-corrected chi connectivity index (χ3v) is 3.50. The van der Waals surface area contributed by atoms with Crippen LogP contribution in [0.5, 0.6) is 0 Å². The third kappa shape index (κ3) is 4.04. The van der Waals surface area contributed by atoms with Gasteiger partial charge in [-0.15, -0.1) is 0 Å². The fourth-order valence-electron chi connectivity index (χ4n) is 0.553. The van der Waals surface area contributed by atoms with E-state index in [0.717, 1.165) is 5.75 Å². The Morgan fingerprint density at radius 1 is 1.30 bits per heavy atom. The molecule has 2 heteroatoms. The van der Waals surface area contributed by atoms with Gasteiger partial charge in [0.1, 0.15) is 0 Å². The van der Waals surface area contributed by atoms with Crippen molar-refractivity contribution in [3.63, 3.8) is 0 Å². The lowest BCUT2D eigenvalue weighted by molar-refractivity contribution is 0.631. The molecule has 0 rings (SSSR count). The topological polar surface area (TPSA) is 17.1 Å².